The summed E-state index contributed by atoms with van der Waals surface area (Å²) >= 11 is 5.84. The highest BCUT2D eigenvalue weighted by Crippen LogP contribution is 2.16. The molecule has 0 spiro atoms. The summed E-state index contributed by atoms with van der Waals surface area (Å²) in [5.41, 5.74) is 0.451. The van der Waals surface area contributed by atoms with E-state index in [1.807, 2.05) is 0 Å². The van der Waals surface area contributed by atoms with E-state index in [2.05, 4.69) is 16.4 Å². The molecule has 1 N–H and O–H groups in total. The third kappa shape index (κ3) is 3.60. The normalized spacial score (nSPS) is 11.5. The molecule has 1 atom stereocenters. The molecule has 18 heavy (non-hydrogen) atoms. The van der Waals surface area contributed by atoms with Crippen molar-refractivity contribution in [3.8, 4) is 6.07 Å². The highest BCUT2D eigenvalue weighted by Gasteiger charge is 2.15. The van der Waals surface area contributed by atoms with Gasteiger partial charge in [0.2, 0.25) is 0 Å². The number of anilines is 1. The minimum atomic E-state index is -0.208. The van der Waals surface area contributed by atoms with Gasteiger partial charge in [0.15, 0.2) is 0 Å². The van der Waals surface area contributed by atoms with Gasteiger partial charge in [0, 0.05) is 26.2 Å². The van der Waals surface area contributed by atoms with Crippen molar-refractivity contribution < 1.29 is 4.79 Å². The number of amides is 1. The lowest BCUT2D eigenvalue weighted by Gasteiger charge is -2.18. The molecule has 0 aliphatic rings. The van der Waals surface area contributed by atoms with E-state index in [0.29, 0.717) is 17.9 Å². The number of hydrogen-bond donors (Lipinski definition) is 1. The summed E-state index contributed by atoms with van der Waals surface area (Å²) in [6, 6.07) is 5.23. The van der Waals surface area contributed by atoms with Crippen molar-refractivity contribution in [3.05, 3.63) is 22.8 Å². The molecule has 1 unspecified atom stereocenters. The van der Waals surface area contributed by atoms with Crippen LogP contribution in [0.2, 0.25) is 5.15 Å². The Morgan fingerprint density at radius 2 is 2.33 bits per heavy atom. The zero-order valence-corrected chi connectivity index (χ0v) is 11.3. The largest absolute Gasteiger partial charge is 0.373 e. The van der Waals surface area contributed by atoms with Gasteiger partial charge >= 0.3 is 0 Å². The smallest absolute Gasteiger partial charge is 0.253 e. The number of aromatic nitrogens is 1. The standard InChI is InChI=1S/C12H15ClN4O/c1-8(6-14)7-17(3)12(18)9-4-10(13)16-11(5-9)15-2/h4-5,8H,7H2,1-3H3,(H,15,16). The molecule has 0 aromatic carbocycles. The molecule has 0 saturated heterocycles. The summed E-state index contributed by atoms with van der Waals surface area (Å²) in [4.78, 5) is 17.6. The number of rotatable bonds is 4. The molecule has 1 rings (SSSR count). The Labute approximate surface area is 111 Å². The van der Waals surface area contributed by atoms with Gasteiger partial charge < -0.3 is 10.2 Å². The lowest BCUT2D eigenvalue weighted by Crippen LogP contribution is -2.30. The van der Waals surface area contributed by atoms with E-state index in [0.717, 1.165) is 0 Å². The van der Waals surface area contributed by atoms with Crippen LogP contribution < -0.4 is 5.32 Å². The van der Waals surface area contributed by atoms with Crippen molar-refractivity contribution in [2.75, 3.05) is 26.0 Å². The fourth-order valence-electron chi connectivity index (χ4n) is 1.50. The fourth-order valence-corrected chi connectivity index (χ4v) is 1.71. The van der Waals surface area contributed by atoms with Crippen LogP contribution in [0.5, 0.6) is 0 Å². The van der Waals surface area contributed by atoms with Crippen LogP contribution in [0.4, 0.5) is 5.82 Å². The van der Waals surface area contributed by atoms with E-state index >= 15 is 0 Å². The van der Waals surface area contributed by atoms with Crippen LogP contribution in [0, 0.1) is 17.2 Å². The first kappa shape index (κ1) is 14.3. The predicted molar refractivity (Wildman–Crippen MR) is 70.5 cm³/mol. The Morgan fingerprint density at radius 1 is 1.67 bits per heavy atom. The maximum absolute atomic E-state index is 12.1. The molecule has 6 heteroatoms. The molecule has 0 aliphatic heterocycles. The Morgan fingerprint density at radius 3 is 2.89 bits per heavy atom. The Balaban J connectivity index is 2.90. The number of carbonyl (C=O) groups excluding carboxylic acids is 1. The van der Waals surface area contributed by atoms with Crippen molar-refractivity contribution in [1.29, 1.82) is 5.26 Å². The van der Waals surface area contributed by atoms with E-state index in [-0.39, 0.29) is 17.0 Å². The number of nitrogens with zero attached hydrogens (tertiary/aromatic N) is 3. The van der Waals surface area contributed by atoms with Gasteiger partial charge in [-0.3, -0.25) is 4.79 Å². The minimum Gasteiger partial charge on any atom is -0.373 e. The van der Waals surface area contributed by atoms with Crippen LogP contribution in [-0.2, 0) is 0 Å². The first-order chi connectivity index (χ1) is 8.47. The van der Waals surface area contributed by atoms with Gasteiger partial charge in [0.05, 0.1) is 12.0 Å². The molecule has 0 fully saturated rings. The molecule has 1 aromatic rings. The van der Waals surface area contributed by atoms with E-state index in [1.165, 1.54) is 11.0 Å². The number of carbonyl (C=O) groups is 1. The van der Waals surface area contributed by atoms with E-state index in [9.17, 15) is 4.79 Å². The summed E-state index contributed by atoms with van der Waals surface area (Å²) in [5, 5.41) is 11.8. The van der Waals surface area contributed by atoms with Gasteiger partial charge in [-0.15, -0.1) is 0 Å². The number of hydrogen-bond acceptors (Lipinski definition) is 4. The fraction of sp³-hybridized carbons (Fsp3) is 0.417. The Hall–Kier alpha value is -1.80. The summed E-state index contributed by atoms with van der Waals surface area (Å²) in [6.45, 7) is 2.15. The number of pyridine rings is 1. The van der Waals surface area contributed by atoms with Crippen molar-refractivity contribution in [2.45, 2.75) is 6.92 Å². The minimum absolute atomic E-state index is 0.182. The van der Waals surface area contributed by atoms with E-state index < -0.39 is 0 Å². The second-order valence-electron chi connectivity index (χ2n) is 4.03. The second-order valence-corrected chi connectivity index (χ2v) is 4.42. The van der Waals surface area contributed by atoms with E-state index in [4.69, 9.17) is 16.9 Å². The number of nitrogens with one attached hydrogen (secondary N) is 1. The van der Waals surface area contributed by atoms with Crippen molar-refractivity contribution in [2.24, 2.45) is 5.92 Å². The summed E-state index contributed by atoms with van der Waals surface area (Å²) in [5.74, 6) is 0.144. The van der Waals surface area contributed by atoms with Gasteiger partial charge in [-0.25, -0.2) is 4.98 Å². The van der Waals surface area contributed by atoms with Gasteiger partial charge in [-0.1, -0.05) is 11.6 Å². The maximum atomic E-state index is 12.1. The van der Waals surface area contributed by atoms with E-state index in [1.54, 1.807) is 27.1 Å². The molecule has 0 bridgehead atoms. The molecule has 1 heterocycles. The molecule has 1 amide bonds. The highest BCUT2D eigenvalue weighted by atomic mass is 35.5. The van der Waals surface area contributed by atoms with Crippen molar-refractivity contribution in [1.82, 2.24) is 9.88 Å². The van der Waals surface area contributed by atoms with Gasteiger partial charge in [0.1, 0.15) is 11.0 Å². The summed E-state index contributed by atoms with van der Waals surface area (Å²) < 4.78 is 0. The zero-order chi connectivity index (χ0) is 13.7. The summed E-state index contributed by atoms with van der Waals surface area (Å²) in [7, 11) is 3.36. The molecule has 0 saturated carbocycles. The third-order valence-corrected chi connectivity index (χ3v) is 2.61. The van der Waals surface area contributed by atoms with Crippen molar-refractivity contribution >= 4 is 23.3 Å². The number of halogens is 1. The average molecular weight is 267 g/mol. The highest BCUT2D eigenvalue weighted by molar-refractivity contribution is 6.29. The molecule has 1 aromatic heterocycles. The maximum Gasteiger partial charge on any atom is 0.253 e. The first-order valence-corrected chi connectivity index (χ1v) is 5.86. The van der Waals surface area contributed by atoms with Crippen molar-refractivity contribution in [3.63, 3.8) is 0 Å². The first-order valence-electron chi connectivity index (χ1n) is 5.48. The lowest BCUT2D eigenvalue weighted by molar-refractivity contribution is 0.0785. The molecule has 96 valence electrons. The number of nitriles is 1. The van der Waals surface area contributed by atoms with Crippen LogP contribution in [0.3, 0.4) is 0 Å². The quantitative estimate of drug-likeness (QED) is 0.847. The Bertz CT molecular complexity index is 483. The molecule has 5 nitrogen and oxygen atoms in total. The van der Waals surface area contributed by atoms with Crippen LogP contribution in [-0.4, -0.2) is 36.4 Å². The van der Waals surface area contributed by atoms with Crippen LogP contribution in [0.25, 0.3) is 0 Å². The molecule has 0 radical (unpaired) electrons. The summed E-state index contributed by atoms with van der Waals surface area (Å²) in [6.07, 6.45) is 0. The third-order valence-electron chi connectivity index (χ3n) is 2.41. The zero-order valence-electron chi connectivity index (χ0n) is 10.6. The lowest BCUT2D eigenvalue weighted by atomic mass is 10.1. The van der Waals surface area contributed by atoms with Gasteiger partial charge in [0.25, 0.3) is 5.91 Å². The Kier molecular flexibility index (Phi) is 4.93. The SMILES string of the molecule is CNc1cc(C(=O)N(C)CC(C)C#N)cc(Cl)n1. The topological polar surface area (TPSA) is 69.0 Å². The van der Waals surface area contributed by atoms with Crippen LogP contribution in [0.15, 0.2) is 12.1 Å². The van der Waals surface area contributed by atoms with Crippen LogP contribution in [0.1, 0.15) is 17.3 Å². The van der Waals surface area contributed by atoms with Gasteiger partial charge in [-0.05, 0) is 19.1 Å². The monoisotopic (exact) mass is 266 g/mol. The molecular weight excluding hydrogens is 252 g/mol. The van der Waals surface area contributed by atoms with Crippen LogP contribution >= 0.6 is 11.6 Å². The molecule has 0 aliphatic carbocycles. The molecular formula is C12H15ClN4O. The van der Waals surface area contributed by atoms with Gasteiger partial charge in [-0.2, -0.15) is 5.26 Å². The average Bonchev–Trinajstić information content (AvgIpc) is 2.36. The second kappa shape index (κ2) is 6.22. The predicted octanol–water partition coefficient (Wildman–Crippen LogP) is 2.01.